The molecule has 0 aliphatic heterocycles. The second kappa shape index (κ2) is 14.3. The van der Waals surface area contributed by atoms with Gasteiger partial charge in [0.2, 0.25) is 0 Å². The molecular weight excluding hydrogens is 783 g/mol. The molecule has 294 valence electrons. The van der Waals surface area contributed by atoms with Crippen LogP contribution in [-0.4, -0.2) is 0 Å². The van der Waals surface area contributed by atoms with Crippen molar-refractivity contribution < 1.29 is 4.42 Å². The summed E-state index contributed by atoms with van der Waals surface area (Å²) < 4.78 is 9.01. The van der Waals surface area contributed by atoms with Crippen molar-refractivity contribution in [3.8, 4) is 33.4 Å². The van der Waals surface area contributed by atoms with E-state index >= 15 is 0 Å². The van der Waals surface area contributed by atoms with Crippen molar-refractivity contribution in [1.82, 2.24) is 0 Å². The summed E-state index contributed by atoms with van der Waals surface area (Å²) in [5.74, 6) is 0. The fourth-order valence-electron chi connectivity index (χ4n) is 10.1. The van der Waals surface area contributed by atoms with E-state index in [2.05, 4.69) is 223 Å². The zero-order valence-corrected chi connectivity index (χ0v) is 34.9. The van der Waals surface area contributed by atoms with Crippen LogP contribution in [-0.2, 0) is 0 Å². The molecule has 2 aromatic heterocycles. The van der Waals surface area contributed by atoms with Crippen molar-refractivity contribution in [2.45, 2.75) is 0 Å². The highest BCUT2D eigenvalue weighted by atomic mass is 32.1. The molecule has 0 aliphatic rings. The van der Waals surface area contributed by atoms with Crippen LogP contribution in [0.5, 0.6) is 0 Å². The van der Waals surface area contributed by atoms with Crippen molar-refractivity contribution >= 4 is 103 Å². The van der Waals surface area contributed by atoms with Gasteiger partial charge < -0.3 is 9.32 Å². The summed E-state index contributed by atoms with van der Waals surface area (Å²) in [6.45, 7) is 0. The molecule has 2 heterocycles. The monoisotopic (exact) mass is 819 g/mol. The van der Waals surface area contributed by atoms with E-state index in [9.17, 15) is 0 Å². The Labute approximate surface area is 368 Å². The molecule has 0 bridgehead atoms. The van der Waals surface area contributed by atoms with Crippen molar-refractivity contribution in [3.05, 3.63) is 224 Å². The van der Waals surface area contributed by atoms with Gasteiger partial charge in [-0.25, -0.2) is 0 Å². The third-order valence-electron chi connectivity index (χ3n) is 12.8. The van der Waals surface area contributed by atoms with Gasteiger partial charge in [-0.1, -0.05) is 188 Å². The first kappa shape index (κ1) is 35.7. The second-order valence-electron chi connectivity index (χ2n) is 16.3. The van der Waals surface area contributed by atoms with Crippen LogP contribution < -0.4 is 4.90 Å². The minimum absolute atomic E-state index is 0.886. The molecule has 0 amide bonds. The number of anilines is 3. The Balaban J connectivity index is 1.18. The fourth-order valence-corrected chi connectivity index (χ4v) is 11.4. The maximum atomic E-state index is 6.43. The van der Waals surface area contributed by atoms with Crippen LogP contribution in [0.25, 0.3) is 108 Å². The van der Waals surface area contributed by atoms with Crippen LogP contribution in [0.4, 0.5) is 17.1 Å². The summed E-state index contributed by atoms with van der Waals surface area (Å²) >= 11 is 1.88. The van der Waals surface area contributed by atoms with E-state index in [0.717, 1.165) is 50.1 Å². The van der Waals surface area contributed by atoms with E-state index in [1.54, 1.807) is 0 Å². The van der Waals surface area contributed by atoms with Crippen LogP contribution in [0.1, 0.15) is 0 Å². The first-order chi connectivity index (χ1) is 31.3. The predicted molar refractivity (Wildman–Crippen MR) is 270 cm³/mol. The minimum atomic E-state index is 0.886. The lowest BCUT2D eigenvalue weighted by atomic mass is 9.87. The van der Waals surface area contributed by atoms with Gasteiger partial charge in [0.15, 0.2) is 0 Å². The Kier molecular flexibility index (Phi) is 8.12. The Morgan fingerprint density at radius 1 is 0.365 bits per heavy atom. The van der Waals surface area contributed by atoms with E-state index in [0.29, 0.717) is 0 Å². The molecule has 11 aromatic carbocycles. The first-order valence-electron chi connectivity index (χ1n) is 21.5. The lowest BCUT2D eigenvalue weighted by molar-refractivity contribution is 0.669. The van der Waals surface area contributed by atoms with Gasteiger partial charge in [0.05, 0.1) is 11.4 Å². The summed E-state index contributed by atoms with van der Waals surface area (Å²) in [5.41, 5.74) is 12.1. The molecule has 3 heteroatoms. The van der Waals surface area contributed by atoms with Gasteiger partial charge in [0, 0.05) is 58.7 Å². The molecular formula is C60H37NOS. The summed E-state index contributed by atoms with van der Waals surface area (Å²) in [4.78, 5) is 2.56. The van der Waals surface area contributed by atoms with Gasteiger partial charge in [0.1, 0.15) is 11.2 Å². The average molecular weight is 820 g/mol. The largest absolute Gasteiger partial charge is 0.456 e. The van der Waals surface area contributed by atoms with E-state index in [-0.39, 0.29) is 0 Å². The maximum absolute atomic E-state index is 6.43. The first-order valence-corrected chi connectivity index (χ1v) is 22.3. The Morgan fingerprint density at radius 2 is 0.937 bits per heavy atom. The van der Waals surface area contributed by atoms with E-state index in [4.69, 9.17) is 4.42 Å². The highest BCUT2D eigenvalue weighted by Crippen LogP contribution is 2.53. The number of hydrogen-bond acceptors (Lipinski definition) is 3. The van der Waals surface area contributed by atoms with E-state index in [1.165, 1.54) is 74.7 Å². The lowest BCUT2D eigenvalue weighted by Gasteiger charge is -2.32. The van der Waals surface area contributed by atoms with Gasteiger partial charge in [-0.05, 0) is 80.0 Å². The van der Waals surface area contributed by atoms with E-state index in [1.807, 2.05) is 17.4 Å². The number of thiophene rings is 1. The molecule has 2 nitrogen and oxygen atoms in total. The second-order valence-corrected chi connectivity index (χ2v) is 17.4. The molecule has 0 aliphatic carbocycles. The van der Waals surface area contributed by atoms with Gasteiger partial charge in [0.25, 0.3) is 0 Å². The quantitative estimate of drug-likeness (QED) is 0.155. The molecule has 13 aromatic rings. The maximum Gasteiger partial charge on any atom is 0.136 e. The molecule has 0 unspecified atom stereocenters. The van der Waals surface area contributed by atoms with Gasteiger partial charge in [-0.15, -0.1) is 11.3 Å². The zero-order valence-electron chi connectivity index (χ0n) is 34.1. The predicted octanol–water partition coefficient (Wildman–Crippen LogP) is 17.9. The van der Waals surface area contributed by atoms with Crippen molar-refractivity contribution in [3.63, 3.8) is 0 Å². The Morgan fingerprint density at radius 3 is 1.83 bits per heavy atom. The van der Waals surface area contributed by atoms with Gasteiger partial charge in [-0.2, -0.15) is 0 Å². The number of para-hydroxylation sites is 2. The smallest absolute Gasteiger partial charge is 0.136 e. The van der Waals surface area contributed by atoms with Crippen molar-refractivity contribution in [2.24, 2.45) is 0 Å². The molecule has 0 atom stereocenters. The molecule has 0 saturated heterocycles. The molecule has 0 saturated carbocycles. The molecule has 63 heavy (non-hydrogen) atoms. The summed E-state index contributed by atoms with van der Waals surface area (Å²) in [7, 11) is 0. The summed E-state index contributed by atoms with van der Waals surface area (Å²) in [6, 6.07) is 82.0. The number of rotatable bonds is 6. The highest BCUT2D eigenvalue weighted by molar-refractivity contribution is 7.26. The van der Waals surface area contributed by atoms with Gasteiger partial charge in [-0.3, -0.25) is 0 Å². The average Bonchev–Trinajstić information content (AvgIpc) is 3.93. The molecule has 0 fully saturated rings. The topological polar surface area (TPSA) is 16.4 Å². The lowest BCUT2D eigenvalue weighted by Crippen LogP contribution is -2.13. The van der Waals surface area contributed by atoms with Crippen LogP contribution >= 0.6 is 11.3 Å². The van der Waals surface area contributed by atoms with Crippen LogP contribution in [0.15, 0.2) is 229 Å². The third-order valence-corrected chi connectivity index (χ3v) is 14.1. The molecule has 0 spiro atoms. The van der Waals surface area contributed by atoms with Crippen LogP contribution in [0.3, 0.4) is 0 Å². The van der Waals surface area contributed by atoms with Crippen molar-refractivity contribution in [1.29, 1.82) is 0 Å². The standard InChI is InChI=1S/C60H37NOS/c1-2-21-41-38(17-1)18-14-30-47(41)58-48-26-5-3-22-43(48)44-23-4-6-27-49(44)59(58)61(40-20-13-19-39(37-40)42-29-16-35-55-57(42)52-28-8-11-34-54(52)62-55)53-33-10-7-24-45(53)50-31-15-32-51-46-25-9-12-36-56(46)63-60(50)51/h1-37H. The van der Waals surface area contributed by atoms with Gasteiger partial charge >= 0.3 is 0 Å². The fraction of sp³-hybridized carbons (Fsp3) is 0. The normalized spacial score (nSPS) is 11.8. The summed E-state index contributed by atoms with van der Waals surface area (Å²) in [6.07, 6.45) is 0. The van der Waals surface area contributed by atoms with Crippen LogP contribution in [0, 0.1) is 0 Å². The van der Waals surface area contributed by atoms with Crippen molar-refractivity contribution in [2.75, 3.05) is 4.90 Å². The zero-order chi connectivity index (χ0) is 41.4. The summed E-state index contributed by atoms with van der Waals surface area (Å²) in [5, 5.41) is 12.1. The number of furan rings is 1. The number of hydrogen-bond donors (Lipinski definition) is 0. The Bertz CT molecular complexity index is 3940. The SMILES string of the molecule is c1cc(-c2cccc3oc4ccccc4c23)cc(N(c2ccccc2-c2cccc3c2sc2ccccc23)c2c(-c3cccc4ccccc34)c3ccccc3c3ccccc23)c1. The Hall–Kier alpha value is -7.98. The number of benzene rings is 11. The molecule has 0 radical (unpaired) electrons. The molecule has 0 N–H and O–H groups in total. The van der Waals surface area contributed by atoms with E-state index < -0.39 is 0 Å². The number of nitrogens with zero attached hydrogens (tertiary/aromatic N) is 1. The minimum Gasteiger partial charge on any atom is -0.456 e. The molecule has 13 rings (SSSR count). The van der Waals surface area contributed by atoms with Crippen LogP contribution in [0.2, 0.25) is 0 Å². The third kappa shape index (κ3) is 5.57. The highest BCUT2D eigenvalue weighted by Gasteiger charge is 2.27. The number of fused-ring (bicyclic) bond motifs is 10.